The maximum Gasteiger partial charge on any atom is 1.00 e. The van der Waals surface area contributed by atoms with Gasteiger partial charge in [-0.2, -0.15) is 16.1 Å². The van der Waals surface area contributed by atoms with Gasteiger partial charge in [0.1, 0.15) is 22.8 Å². The molecular formula is C17H15KN4O4. The first-order valence-corrected chi connectivity index (χ1v) is 7.27. The fourth-order valence-corrected chi connectivity index (χ4v) is 2.63. The summed E-state index contributed by atoms with van der Waals surface area (Å²) >= 11 is 0. The van der Waals surface area contributed by atoms with E-state index in [0.29, 0.717) is 11.3 Å². The Morgan fingerprint density at radius 3 is 1.85 bits per heavy atom. The Bertz CT molecular complexity index is 997. The van der Waals surface area contributed by atoms with Gasteiger partial charge in [0.25, 0.3) is 0 Å². The number of nitrogens with zero attached hydrogens (tertiary/aromatic N) is 4. The van der Waals surface area contributed by atoms with Crippen LogP contribution in [0.2, 0.25) is 0 Å². The van der Waals surface area contributed by atoms with Crippen molar-refractivity contribution in [2.24, 2.45) is 20.0 Å². The van der Waals surface area contributed by atoms with Crippen LogP contribution in [-0.4, -0.2) is 16.2 Å². The fraction of sp³-hybridized carbons (Fsp3) is 0.294. The summed E-state index contributed by atoms with van der Waals surface area (Å²) in [6, 6.07) is 10.00. The molecule has 0 bridgehead atoms. The van der Waals surface area contributed by atoms with Crippen LogP contribution in [-0.2, 0) is 14.1 Å². The molecule has 128 valence electrons. The second-order valence-electron chi connectivity index (χ2n) is 5.41. The maximum atomic E-state index is 12.5. The van der Waals surface area contributed by atoms with Gasteiger partial charge in [0.2, 0.25) is 0 Å². The molecule has 1 atom stereocenters. The smallest absolute Gasteiger partial charge is 0.497 e. The Balaban J connectivity index is 0.00000338. The molecule has 26 heavy (non-hydrogen) atoms. The van der Waals surface area contributed by atoms with E-state index in [1.165, 1.54) is 21.2 Å². The first-order valence-electron chi connectivity index (χ1n) is 7.27. The summed E-state index contributed by atoms with van der Waals surface area (Å²) in [5, 5.41) is 18.6. The fourth-order valence-electron chi connectivity index (χ4n) is 2.63. The molecule has 0 aliphatic heterocycles. The zero-order valence-corrected chi connectivity index (χ0v) is 18.0. The standard InChI is InChI=1S/C17H15N4O4.K/c1-20-15(22)14(16(23)21(2)17(20)24)13(11(8-18)9-19)10-4-6-12(25-3)7-5-10;/h4-7,11,13H,1-3H3;/q-1;+1. The number of hydrogen-bond donors (Lipinski definition) is 0. The third-order valence-electron chi connectivity index (χ3n) is 4.04. The van der Waals surface area contributed by atoms with E-state index in [2.05, 4.69) is 0 Å². The van der Waals surface area contributed by atoms with Gasteiger partial charge < -0.3 is 14.3 Å². The van der Waals surface area contributed by atoms with Gasteiger partial charge >= 0.3 is 57.1 Å². The van der Waals surface area contributed by atoms with Crippen LogP contribution in [0.3, 0.4) is 0 Å². The van der Waals surface area contributed by atoms with Gasteiger partial charge in [-0.05, 0) is 12.1 Å². The summed E-state index contributed by atoms with van der Waals surface area (Å²) in [6.45, 7) is 0. The second-order valence-corrected chi connectivity index (χ2v) is 5.41. The Hall–Kier alpha value is -1.88. The quantitative estimate of drug-likeness (QED) is 0.413. The number of hydrogen-bond acceptors (Lipinski definition) is 6. The van der Waals surface area contributed by atoms with Crippen LogP contribution in [0.25, 0.3) is 0 Å². The predicted molar refractivity (Wildman–Crippen MR) is 88.3 cm³/mol. The van der Waals surface area contributed by atoms with Crippen molar-refractivity contribution in [3.63, 3.8) is 0 Å². The van der Waals surface area contributed by atoms with E-state index in [1.807, 2.05) is 12.1 Å². The SMILES string of the molecule is COc1ccc(C([c-]2c(=O)n(C)c(=O)n(C)c2=O)C(C#N)C#N)cc1.[K+]. The van der Waals surface area contributed by atoms with E-state index >= 15 is 0 Å². The minimum absolute atomic E-state index is 0. The topological polar surface area (TPSA) is 118 Å². The van der Waals surface area contributed by atoms with E-state index in [4.69, 9.17) is 4.74 Å². The van der Waals surface area contributed by atoms with E-state index < -0.39 is 28.6 Å². The molecule has 1 unspecified atom stereocenters. The zero-order valence-electron chi connectivity index (χ0n) is 14.9. The molecule has 0 fully saturated rings. The summed E-state index contributed by atoms with van der Waals surface area (Å²) in [7, 11) is 3.97. The third kappa shape index (κ3) is 3.93. The molecule has 1 aromatic carbocycles. The van der Waals surface area contributed by atoms with Crippen LogP contribution in [0, 0.1) is 28.6 Å². The summed E-state index contributed by atoms with van der Waals surface area (Å²) in [5.41, 5.74) is -2.25. The molecule has 0 amide bonds. The van der Waals surface area contributed by atoms with Crippen LogP contribution in [0.5, 0.6) is 5.75 Å². The number of rotatable bonds is 4. The molecule has 8 nitrogen and oxygen atoms in total. The molecule has 0 aliphatic carbocycles. The van der Waals surface area contributed by atoms with Crippen LogP contribution in [0.15, 0.2) is 38.6 Å². The van der Waals surface area contributed by atoms with Crippen molar-refractivity contribution in [1.29, 1.82) is 10.5 Å². The van der Waals surface area contributed by atoms with Gasteiger partial charge in [0, 0.05) is 14.1 Å². The normalized spacial score (nSPS) is 11.2. The molecule has 1 aromatic heterocycles. The van der Waals surface area contributed by atoms with Crippen molar-refractivity contribution < 1.29 is 56.1 Å². The number of benzene rings is 1. The molecule has 0 saturated carbocycles. The number of aromatic nitrogens is 2. The average Bonchev–Trinajstić information content (AvgIpc) is 2.64. The first-order chi connectivity index (χ1) is 11.9. The van der Waals surface area contributed by atoms with Crippen molar-refractivity contribution in [3.8, 4) is 17.9 Å². The Morgan fingerprint density at radius 2 is 1.46 bits per heavy atom. The predicted octanol–water partition coefficient (Wildman–Crippen LogP) is -3.03. The monoisotopic (exact) mass is 378 g/mol. The van der Waals surface area contributed by atoms with Crippen molar-refractivity contribution >= 4 is 0 Å². The van der Waals surface area contributed by atoms with Crippen molar-refractivity contribution in [3.05, 3.63) is 66.6 Å². The molecule has 0 N–H and O–H groups in total. The van der Waals surface area contributed by atoms with E-state index in [0.717, 1.165) is 9.13 Å². The summed E-state index contributed by atoms with van der Waals surface area (Å²) in [5.74, 6) is -1.81. The van der Waals surface area contributed by atoms with Gasteiger partial charge in [-0.15, -0.1) is 0 Å². The van der Waals surface area contributed by atoms with Gasteiger partial charge in [-0.3, -0.25) is 9.13 Å². The van der Waals surface area contributed by atoms with Crippen LogP contribution < -0.4 is 72.9 Å². The number of methoxy groups -OCH3 is 1. The zero-order chi connectivity index (χ0) is 18.7. The molecule has 9 heteroatoms. The van der Waals surface area contributed by atoms with Crippen molar-refractivity contribution in [2.45, 2.75) is 5.92 Å². The van der Waals surface area contributed by atoms with Crippen molar-refractivity contribution in [1.82, 2.24) is 9.13 Å². The van der Waals surface area contributed by atoms with E-state index in [-0.39, 0.29) is 56.9 Å². The molecule has 0 saturated heterocycles. The summed E-state index contributed by atoms with van der Waals surface area (Å²) in [4.78, 5) is 37.0. The molecule has 2 aromatic rings. The average molecular weight is 378 g/mol. The van der Waals surface area contributed by atoms with Gasteiger partial charge in [-0.1, -0.05) is 23.6 Å². The molecular weight excluding hydrogens is 363 g/mol. The minimum atomic E-state index is -1.27. The molecule has 2 rings (SSSR count). The molecule has 0 radical (unpaired) electrons. The van der Waals surface area contributed by atoms with Gasteiger partial charge in [0.15, 0.2) is 0 Å². The molecule has 0 spiro atoms. The van der Waals surface area contributed by atoms with Crippen LogP contribution in [0.1, 0.15) is 17.0 Å². The Labute approximate surface area is 191 Å². The second kappa shape index (κ2) is 9.17. The van der Waals surface area contributed by atoms with Crippen LogP contribution >= 0.6 is 0 Å². The summed E-state index contributed by atoms with van der Waals surface area (Å²) in [6.07, 6.45) is 0. The summed E-state index contributed by atoms with van der Waals surface area (Å²) < 4.78 is 6.65. The number of nitriles is 2. The molecule has 0 aliphatic rings. The largest absolute Gasteiger partial charge is 1.00 e. The third-order valence-corrected chi connectivity index (χ3v) is 4.04. The van der Waals surface area contributed by atoms with E-state index in [9.17, 15) is 24.9 Å². The first kappa shape index (κ1) is 22.2. The minimum Gasteiger partial charge on any atom is -0.497 e. The van der Waals surface area contributed by atoms with E-state index in [1.54, 1.807) is 24.3 Å². The Morgan fingerprint density at radius 1 is 1.00 bits per heavy atom. The van der Waals surface area contributed by atoms with Crippen molar-refractivity contribution in [2.75, 3.05) is 7.11 Å². The van der Waals surface area contributed by atoms with Gasteiger partial charge in [0.05, 0.1) is 19.2 Å². The van der Waals surface area contributed by atoms with Crippen LogP contribution in [0.4, 0.5) is 0 Å². The molecule has 1 heterocycles. The van der Waals surface area contributed by atoms with Gasteiger partial charge in [-0.25, -0.2) is 4.79 Å². The Kier molecular flexibility index (Phi) is 7.81. The maximum absolute atomic E-state index is 12.5. The number of ether oxygens (including phenoxy) is 1.